The maximum atomic E-state index is 13.1. The second-order valence-electron chi connectivity index (χ2n) is 10.5. The molecule has 0 unspecified atom stereocenters. The molecule has 0 bridgehead atoms. The topological polar surface area (TPSA) is 89.0 Å². The van der Waals surface area contributed by atoms with E-state index in [0.717, 1.165) is 74.6 Å². The Bertz CT molecular complexity index is 1460. The highest BCUT2D eigenvalue weighted by molar-refractivity contribution is 5.92. The van der Waals surface area contributed by atoms with Crippen LogP contribution in [-0.2, 0) is 0 Å². The van der Waals surface area contributed by atoms with Crippen molar-refractivity contribution in [1.29, 1.82) is 0 Å². The largest absolute Gasteiger partial charge is 0.493 e. The van der Waals surface area contributed by atoms with Crippen LogP contribution in [0.2, 0.25) is 0 Å². The number of hydrogen-bond acceptors (Lipinski definition) is 10. The monoisotopic (exact) mass is 559 g/mol. The first-order valence-corrected chi connectivity index (χ1v) is 13.9. The summed E-state index contributed by atoms with van der Waals surface area (Å²) in [7, 11) is 3.83. The Balaban J connectivity index is 1.12. The van der Waals surface area contributed by atoms with E-state index in [4.69, 9.17) is 14.2 Å². The molecule has 41 heavy (non-hydrogen) atoms. The van der Waals surface area contributed by atoms with E-state index < -0.39 is 0 Å². The number of piperazine rings is 1. The standard InChI is InChI=1S/C30H34FN7O3/c1-36-9-7-21(8-10-36)19-40-28-15-25-26(16-27(28)39-2)34-20-35-29(25)37-11-13-38(14-12-37)30-32-17-24(18-33-30)41-23-5-3-22(31)4-6-23/h3-6,15-18,20-21H,7-14,19H2,1-2H3. The lowest BCUT2D eigenvalue weighted by atomic mass is 9.98. The smallest absolute Gasteiger partial charge is 0.225 e. The minimum Gasteiger partial charge on any atom is -0.493 e. The molecular weight excluding hydrogens is 525 g/mol. The van der Waals surface area contributed by atoms with Crippen molar-refractivity contribution >= 4 is 22.7 Å². The minimum atomic E-state index is -0.311. The molecule has 0 N–H and O–H groups in total. The van der Waals surface area contributed by atoms with Crippen LogP contribution in [0.25, 0.3) is 10.9 Å². The van der Waals surface area contributed by atoms with E-state index in [1.54, 1.807) is 38.0 Å². The van der Waals surface area contributed by atoms with Gasteiger partial charge >= 0.3 is 0 Å². The van der Waals surface area contributed by atoms with Gasteiger partial charge in [0.25, 0.3) is 0 Å². The number of fused-ring (bicyclic) bond motifs is 1. The van der Waals surface area contributed by atoms with Crippen LogP contribution < -0.4 is 24.0 Å². The van der Waals surface area contributed by atoms with E-state index in [0.29, 0.717) is 35.7 Å². The zero-order valence-electron chi connectivity index (χ0n) is 23.4. The fourth-order valence-electron chi connectivity index (χ4n) is 5.29. The van der Waals surface area contributed by atoms with Crippen molar-refractivity contribution in [2.45, 2.75) is 12.8 Å². The van der Waals surface area contributed by atoms with Gasteiger partial charge in [-0.05, 0) is 69.2 Å². The lowest BCUT2D eigenvalue weighted by Crippen LogP contribution is -2.47. The van der Waals surface area contributed by atoms with Crippen molar-refractivity contribution in [3.63, 3.8) is 0 Å². The van der Waals surface area contributed by atoms with Crippen molar-refractivity contribution < 1.29 is 18.6 Å². The second kappa shape index (κ2) is 12.1. The van der Waals surface area contributed by atoms with Crippen molar-refractivity contribution in [1.82, 2.24) is 24.8 Å². The Labute approximate surface area is 238 Å². The van der Waals surface area contributed by atoms with E-state index in [1.165, 1.54) is 12.1 Å². The molecule has 214 valence electrons. The number of halogens is 1. The lowest BCUT2D eigenvalue weighted by Gasteiger charge is -2.35. The minimum absolute atomic E-state index is 0.311. The molecule has 2 aromatic carbocycles. The van der Waals surface area contributed by atoms with Gasteiger partial charge in [0.05, 0.1) is 31.6 Å². The third kappa shape index (κ3) is 6.25. The molecule has 0 atom stereocenters. The van der Waals surface area contributed by atoms with Gasteiger partial charge in [0, 0.05) is 37.6 Å². The summed E-state index contributed by atoms with van der Waals surface area (Å²) >= 11 is 0. The molecule has 4 aromatic rings. The fraction of sp³-hybridized carbons (Fsp3) is 0.400. The van der Waals surface area contributed by atoms with Crippen LogP contribution in [-0.4, -0.2) is 84.9 Å². The molecule has 0 spiro atoms. The highest BCUT2D eigenvalue weighted by atomic mass is 19.1. The summed E-state index contributed by atoms with van der Waals surface area (Å²) in [4.78, 5) is 24.9. The first kappa shape index (κ1) is 26.9. The van der Waals surface area contributed by atoms with Crippen molar-refractivity contribution in [2.75, 3.05) is 69.8 Å². The zero-order chi connectivity index (χ0) is 28.2. The fourth-order valence-corrected chi connectivity index (χ4v) is 5.29. The van der Waals surface area contributed by atoms with E-state index in [9.17, 15) is 4.39 Å². The third-order valence-corrected chi connectivity index (χ3v) is 7.74. The van der Waals surface area contributed by atoms with Crippen LogP contribution in [0.15, 0.2) is 55.1 Å². The van der Waals surface area contributed by atoms with Crippen molar-refractivity contribution in [3.05, 3.63) is 60.9 Å². The second-order valence-corrected chi connectivity index (χ2v) is 10.5. The van der Waals surface area contributed by atoms with Crippen LogP contribution in [0.5, 0.6) is 23.0 Å². The molecule has 2 aromatic heterocycles. The Morgan fingerprint density at radius 2 is 1.54 bits per heavy atom. The quantitative estimate of drug-likeness (QED) is 0.309. The van der Waals surface area contributed by atoms with E-state index in [1.807, 2.05) is 12.1 Å². The molecule has 2 aliphatic heterocycles. The number of hydrogen-bond donors (Lipinski definition) is 0. The van der Waals surface area contributed by atoms with Gasteiger partial charge in [-0.25, -0.2) is 24.3 Å². The third-order valence-electron chi connectivity index (χ3n) is 7.74. The molecule has 2 fully saturated rings. The van der Waals surface area contributed by atoms with E-state index in [-0.39, 0.29) is 5.82 Å². The van der Waals surface area contributed by atoms with E-state index in [2.05, 4.69) is 41.7 Å². The predicted molar refractivity (Wildman–Crippen MR) is 155 cm³/mol. The summed E-state index contributed by atoms with van der Waals surface area (Å²) in [5.41, 5.74) is 0.820. The number of benzene rings is 2. The Morgan fingerprint density at radius 3 is 2.24 bits per heavy atom. The number of rotatable bonds is 8. The molecule has 0 aliphatic carbocycles. The van der Waals surface area contributed by atoms with Gasteiger partial charge in [-0.1, -0.05) is 0 Å². The summed E-state index contributed by atoms with van der Waals surface area (Å²) < 4.78 is 30.8. The number of anilines is 2. The molecular formula is C30H34FN7O3. The number of methoxy groups -OCH3 is 1. The van der Waals surface area contributed by atoms with Gasteiger partial charge in [-0.2, -0.15) is 0 Å². The van der Waals surface area contributed by atoms with Gasteiger partial charge in [0.2, 0.25) is 5.95 Å². The molecule has 4 heterocycles. The normalized spacial score (nSPS) is 16.7. The summed E-state index contributed by atoms with van der Waals surface area (Å²) in [6.07, 6.45) is 7.15. The maximum absolute atomic E-state index is 13.1. The van der Waals surface area contributed by atoms with Crippen molar-refractivity contribution in [2.24, 2.45) is 5.92 Å². The molecule has 11 heteroatoms. The predicted octanol–water partition coefficient (Wildman–Crippen LogP) is 4.41. The molecule has 0 amide bonds. The van der Waals surface area contributed by atoms with Gasteiger partial charge in [-0.15, -0.1) is 0 Å². The van der Waals surface area contributed by atoms with Crippen LogP contribution in [0.1, 0.15) is 12.8 Å². The van der Waals surface area contributed by atoms with Gasteiger partial charge in [0.15, 0.2) is 17.2 Å². The average molecular weight is 560 g/mol. The van der Waals surface area contributed by atoms with Crippen molar-refractivity contribution in [3.8, 4) is 23.0 Å². The maximum Gasteiger partial charge on any atom is 0.225 e. The average Bonchev–Trinajstić information content (AvgIpc) is 3.01. The summed E-state index contributed by atoms with van der Waals surface area (Å²) in [5.74, 6) is 4.18. The molecule has 2 aliphatic rings. The van der Waals surface area contributed by atoms with Crippen LogP contribution >= 0.6 is 0 Å². The highest BCUT2D eigenvalue weighted by Crippen LogP contribution is 2.36. The first-order valence-electron chi connectivity index (χ1n) is 13.9. The summed E-state index contributed by atoms with van der Waals surface area (Å²) in [6.45, 7) is 5.85. The van der Waals surface area contributed by atoms with Gasteiger partial charge in [-0.3, -0.25) is 0 Å². The Morgan fingerprint density at radius 1 is 0.829 bits per heavy atom. The number of piperidine rings is 1. The molecule has 2 saturated heterocycles. The molecule has 0 saturated carbocycles. The summed E-state index contributed by atoms with van der Waals surface area (Å²) in [6, 6.07) is 9.80. The van der Waals surface area contributed by atoms with Crippen LogP contribution in [0.4, 0.5) is 16.2 Å². The number of ether oxygens (including phenoxy) is 3. The first-order chi connectivity index (χ1) is 20.1. The SMILES string of the molecule is COc1cc2ncnc(N3CCN(c4ncc(Oc5ccc(F)cc5)cn4)CC3)c2cc1OCC1CCN(C)CC1. The van der Waals surface area contributed by atoms with Crippen LogP contribution in [0, 0.1) is 11.7 Å². The number of nitrogens with zero attached hydrogens (tertiary/aromatic N) is 7. The molecule has 6 rings (SSSR count). The Kier molecular flexibility index (Phi) is 7.95. The summed E-state index contributed by atoms with van der Waals surface area (Å²) in [5, 5.41) is 0.943. The number of likely N-dealkylation sites (tertiary alicyclic amines) is 1. The van der Waals surface area contributed by atoms with Gasteiger partial charge < -0.3 is 28.9 Å². The zero-order valence-corrected chi connectivity index (χ0v) is 23.4. The highest BCUT2D eigenvalue weighted by Gasteiger charge is 2.23. The molecule has 10 nitrogen and oxygen atoms in total. The lowest BCUT2D eigenvalue weighted by molar-refractivity contribution is 0.157. The van der Waals surface area contributed by atoms with Crippen LogP contribution in [0.3, 0.4) is 0 Å². The van der Waals surface area contributed by atoms with E-state index >= 15 is 0 Å². The Hall–Kier alpha value is -4.25. The number of aromatic nitrogens is 4. The molecule has 0 radical (unpaired) electrons. The van der Waals surface area contributed by atoms with Gasteiger partial charge in [0.1, 0.15) is 23.7 Å².